The molecule has 2 rings (SSSR count). The van der Waals surface area contributed by atoms with Gasteiger partial charge in [-0.3, -0.25) is 4.90 Å². The molecule has 19 heavy (non-hydrogen) atoms. The predicted molar refractivity (Wildman–Crippen MR) is 74.1 cm³/mol. The van der Waals surface area contributed by atoms with Crippen molar-refractivity contribution in [1.29, 1.82) is 0 Å². The number of piperazine rings is 1. The van der Waals surface area contributed by atoms with Crippen molar-refractivity contribution in [2.24, 2.45) is 7.05 Å². The summed E-state index contributed by atoms with van der Waals surface area (Å²) in [6, 6.07) is 0.358. The summed E-state index contributed by atoms with van der Waals surface area (Å²) in [5, 5.41) is 7.59. The molecule has 1 aliphatic rings. The van der Waals surface area contributed by atoms with Gasteiger partial charge in [-0.15, -0.1) is 5.10 Å². The maximum atomic E-state index is 12.7. The van der Waals surface area contributed by atoms with Gasteiger partial charge in [0.25, 0.3) is 10.0 Å². The summed E-state index contributed by atoms with van der Waals surface area (Å²) >= 11 is 3.15. The zero-order valence-electron chi connectivity index (χ0n) is 11.4. The van der Waals surface area contributed by atoms with Gasteiger partial charge in [-0.05, 0) is 36.8 Å². The minimum absolute atomic E-state index is 0.108. The second-order valence-electron chi connectivity index (χ2n) is 4.99. The Hall–Kier alpha value is -0.510. The summed E-state index contributed by atoms with van der Waals surface area (Å²) in [5.41, 5.74) is 0. The van der Waals surface area contributed by atoms with E-state index in [0.717, 1.165) is 0 Å². The van der Waals surface area contributed by atoms with Gasteiger partial charge >= 0.3 is 0 Å². The number of halogens is 1. The van der Waals surface area contributed by atoms with Crippen molar-refractivity contribution in [3.8, 4) is 0 Å². The summed E-state index contributed by atoms with van der Waals surface area (Å²) in [5.74, 6) is 0. The average Bonchev–Trinajstić information content (AvgIpc) is 2.65. The normalized spacial score (nSPS) is 26.8. The number of sulfonamides is 1. The van der Waals surface area contributed by atoms with E-state index in [0.29, 0.717) is 13.1 Å². The van der Waals surface area contributed by atoms with E-state index < -0.39 is 10.0 Å². The number of rotatable bonds is 2. The number of hydrogen-bond acceptors (Lipinski definition) is 5. The van der Waals surface area contributed by atoms with Crippen molar-refractivity contribution >= 4 is 26.0 Å². The van der Waals surface area contributed by atoms with E-state index in [-0.39, 0.29) is 21.7 Å². The Morgan fingerprint density at radius 1 is 1.21 bits per heavy atom. The molecule has 1 aromatic rings. The lowest BCUT2D eigenvalue weighted by Crippen LogP contribution is -2.56. The molecule has 108 valence electrons. The molecular weight excluding hydrogens is 334 g/mol. The van der Waals surface area contributed by atoms with Gasteiger partial charge in [-0.25, -0.2) is 13.1 Å². The Labute approximate surface area is 121 Å². The van der Waals surface area contributed by atoms with E-state index in [1.54, 1.807) is 7.05 Å². The van der Waals surface area contributed by atoms with Crippen molar-refractivity contribution in [2.75, 3.05) is 20.1 Å². The van der Waals surface area contributed by atoms with Gasteiger partial charge in [-0.2, -0.15) is 4.31 Å². The number of aryl methyl sites for hydroxylation is 1. The molecule has 0 N–H and O–H groups in total. The molecule has 2 heterocycles. The molecule has 1 aromatic heterocycles. The minimum Gasteiger partial charge on any atom is -0.298 e. The molecule has 0 saturated carbocycles. The standard InChI is InChI=1S/C10H18BrN5O2S/c1-7-5-16(6-8(2)14(7)3)19(17,18)10-9(11)12-13-15(10)4/h7-8H,5-6H2,1-4H3. The fraction of sp³-hybridized carbons (Fsp3) is 0.800. The first-order valence-electron chi connectivity index (χ1n) is 6.02. The molecule has 0 aromatic carbocycles. The molecule has 1 aliphatic heterocycles. The Morgan fingerprint density at radius 2 is 1.74 bits per heavy atom. The number of nitrogens with zero attached hydrogens (tertiary/aromatic N) is 5. The molecule has 0 spiro atoms. The summed E-state index contributed by atoms with van der Waals surface area (Å²) in [6.45, 7) is 4.99. The Kier molecular flexibility index (Phi) is 4.01. The summed E-state index contributed by atoms with van der Waals surface area (Å²) in [4.78, 5) is 2.18. The SMILES string of the molecule is CC1CN(S(=O)(=O)c2c(Br)nnn2C)CC(C)N1C. The Bertz CT molecular complexity index is 541. The summed E-state index contributed by atoms with van der Waals surface area (Å²) in [7, 11) is 0.0201. The number of likely N-dealkylation sites (N-methyl/N-ethyl adjacent to an activating group) is 1. The fourth-order valence-electron chi connectivity index (χ4n) is 2.27. The highest BCUT2D eigenvalue weighted by atomic mass is 79.9. The van der Waals surface area contributed by atoms with E-state index in [9.17, 15) is 8.42 Å². The zero-order valence-corrected chi connectivity index (χ0v) is 13.8. The van der Waals surface area contributed by atoms with E-state index in [2.05, 4.69) is 31.1 Å². The molecule has 1 fully saturated rings. The van der Waals surface area contributed by atoms with Gasteiger partial charge in [0.1, 0.15) is 0 Å². The molecule has 0 bridgehead atoms. The fourth-order valence-corrected chi connectivity index (χ4v) is 4.90. The quantitative estimate of drug-likeness (QED) is 0.765. The predicted octanol–water partition coefficient (Wildman–Crippen LogP) is 0.291. The van der Waals surface area contributed by atoms with Gasteiger partial charge in [0.05, 0.1) is 0 Å². The van der Waals surface area contributed by atoms with Crippen LogP contribution in [-0.2, 0) is 17.1 Å². The van der Waals surface area contributed by atoms with Crippen molar-refractivity contribution < 1.29 is 8.42 Å². The van der Waals surface area contributed by atoms with E-state index in [1.807, 2.05) is 20.9 Å². The molecule has 0 amide bonds. The molecule has 9 heteroatoms. The minimum atomic E-state index is -3.57. The van der Waals surface area contributed by atoms with Crippen molar-refractivity contribution in [3.05, 3.63) is 4.60 Å². The average molecular weight is 352 g/mol. The third-order valence-electron chi connectivity index (χ3n) is 3.65. The van der Waals surface area contributed by atoms with Crippen LogP contribution in [0.25, 0.3) is 0 Å². The number of aromatic nitrogens is 3. The summed E-state index contributed by atoms with van der Waals surface area (Å²) in [6.07, 6.45) is 0. The van der Waals surface area contributed by atoms with Crippen LogP contribution in [0.3, 0.4) is 0 Å². The van der Waals surface area contributed by atoms with E-state index >= 15 is 0 Å². The highest BCUT2D eigenvalue weighted by molar-refractivity contribution is 9.10. The maximum Gasteiger partial charge on any atom is 0.263 e. The Morgan fingerprint density at radius 3 is 2.16 bits per heavy atom. The zero-order chi connectivity index (χ0) is 14.4. The molecule has 1 saturated heterocycles. The van der Waals surface area contributed by atoms with Gasteiger partial charge in [0.15, 0.2) is 4.60 Å². The lowest BCUT2D eigenvalue weighted by molar-refractivity contribution is 0.105. The van der Waals surface area contributed by atoms with Gasteiger partial charge < -0.3 is 0 Å². The molecular formula is C10H18BrN5O2S. The monoisotopic (exact) mass is 351 g/mol. The lowest BCUT2D eigenvalue weighted by atomic mass is 10.1. The first kappa shape index (κ1) is 14.9. The first-order chi connectivity index (χ1) is 8.75. The lowest BCUT2D eigenvalue weighted by Gasteiger charge is -2.41. The molecule has 2 atom stereocenters. The molecule has 7 nitrogen and oxygen atoms in total. The van der Waals surface area contributed by atoms with E-state index in [4.69, 9.17) is 0 Å². The highest BCUT2D eigenvalue weighted by Crippen LogP contribution is 2.25. The van der Waals surface area contributed by atoms with Crippen LogP contribution in [0.15, 0.2) is 9.63 Å². The first-order valence-corrected chi connectivity index (χ1v) is 8.25. The topological polar surface area (TPSA) is 71.3 Å². The van der Waals surface area contributed by atoms with Crippen LogP contribution in [-0.4, -0.2) is 64.8 Å². The highest BCUT2D eigenvalue weighted by Gasteiger charge is 2.37. The van der Waals surface area contributed by atoms with Crippen LogP contribution >= 0.6 is 15.9 Å². The summed E-state index contributed by atoms with van der Waals surface area (Å²) < 4.78 is 28.4. The van der Waals surface area contributed by atoms with Gasteiger partial charge in [0.2, 0.25) is 5.03 Å². The molecule has 0 radical (unpaired) electrons. The molecule has 0 aliphatic carbocycles. The van der Waals surface area contributed by atoms with Gasteiger partial charge in [-0.1, -0.05) is 5.21 Å². The largest absolute Gasteiger partial charge is 0.298 e. The van der Waals surface area contributed by atoms with Crippen LogP contribution in [0.1, 0.15) is 13.8 Å². The second-order valence-corrected chi connectivity index (χ2v) is 7.60. The van der Waals surface area contributed by atoms with E-state index in [1.165, 1.54) is 8.99 Å². The maximum absolute atomic E-state index is 12.7. The van der Waals surface area contributed by atoms with Crippen LogP contribution in [0, 0.1) is 0 Å². The smallest absolute Gasteiger partial charge is 0.263 e. The third kappa shape index (κ3) is 2.56. The van der Waals surface area contributed by atoms with Crippen LogP contribution in [0.4, 0.5) is 0 Å². The van der Waals surface area contributed by atoms with Crippen molar-refractivity contribution in [2.45, 2.75) is 31.0 Å². The van der Waals surface area contributed by atoms with Crippen LogP contribution in [0.5, 0.6) is 0 Å². The van der Waals surface area contributed by atoms with Crippen molar-refractivity contribution in [1.82, 2.24) is 24.2 Å². The molecule has 2 unspecified atom stereocenters. The van der Waals surface area contributed by atoms with Gasteiger partial charge in [0, 0.05) is 32.2 Å². The van der Waals surface area contributed by atoms with Crippen LogP contribution < -0.4 is 0 Å². The second kappa shape index (κ2) is 5.12. The third-order valence-corrected chi connectivity index (χ3v) is 6.37. The van der Waals surface area contributed by atoms with Crippen molar-refractivity contribution in [3.63, 3.8) is 0 Å². The Balaban J connectivity index is 2.36. The van der Waals surface area contributed by atoms with Crippen LogP contribution in [0.2, 0.25) is 0 Å². The number of hydrogen-bond donors (Lipinski definition) is 0.